The van der Waals surface area contributed by atoms with E-state index >= 15 is 0 Å². The largest absolute Gasteiger partial charge is 0.497 e. The van der Waals surface area contributed by atoms with E-state index in [1.165, 1.54) is 0 Å². The Hall–Kier alpha value is -2.61. The van der Waals surface area contributed by atoms with Gasteiger partial charge in [0.2, 0.25) is 0 Å². The third-order valence-electron chi connectivity index (χ3n) is 3.47. The zero-order chi connectivity index (χ0) is 15.8. The third-order valence-corrected chi connectivity index (χ3v) is 3.47. The van der Waals surface area contributed by atoms with Crippen LogP contribution < -0.4 is 4.74 Å². The number of methoxy groups -OCH3 is 1. The van der Waals surface area contributed by atoms with Crippen LogP contribution in [-0.4, -0.2) is 12.9 Å². The summed E-state index contributed by atoms with van der Waals surface area (Å²) >= 11 is 0. The van der Waals surface area contributed by atoms with Gasteiger partial charge in [-0.25, -0.2) is 0 Å². The fourth-order valence-corrected chi connectivity index (χ4v) is 2.14. The van der Waals surface area contributed by atoms with Gasteiger partial charge in [-0.1, -0.05) is 48.6 Å². The van der Waals surface area contributed by atoms with Gasteiger partial charge < -0.3 is 4.74 Å². The lowest BCUT2D eigenvalue weighted by Gasteiger charge is -2.07. The van der Waals surface area contributed by atoms with Crippen LogP contribution in [0.15, 0.2) is 73.3 Å². The first-order valence-corrected chi connectivity index (χ1v) is 7.26. The van der Waals surface area contributed by atoms with Crippen LogP contribution in [-0.2, 0) is 0 Å². The molecule has 2 aromatic carbocycles. The van der Waals surface area contributed by atoms with E-state index in [4.69, 9.17) is 4.74 Å². The Balaban J connectivity index is 2.01. The molecule has 2 nitrogen and oxygen atoms in total. The fraction of sp³-hybridized carbons (Fsp3) is 0.150. The Bertz CT molecular complexity index is 639. The minimum absolute atomic E-state index is 0.0230. The SMILES string of the molecule is C=C[C@@H](/C=C/c1ccccc1)CC(=O)c1ccc(OC)cc1. The van der Waals surface area contributed by atoms with Crippen LogP contribution in [0.25, 0.3) is 6.08 Å². The van der Waals surface area contributed by atoms with Gasteiger partial charge in [0.05, 0.1) is 7.11 Å². The van der Waals surface area contributed by atoms with Crippen molar-refractivity contribution in [3.05, 3.63) is 84.5 Å². The first-order chi connectivity index (χ1) is 10.7. The van der Waals surface area contributed by atoms with E-state index in [2.05, 4.69) is 6.58 Å². The van der Waals surface area contributed by atoms with Gasteiger partial charge in [0.15, 0.2) is 5.78 Å². The van der Waals surface area contributed by atoms with Crippen LogP contribution in [0.2, 0.25) is 0 Å². The van der Waals surface area contributed by atoms with Gasteiger partial charge in [0.1, 0.15) is 5.75 Å². The highest BCUT2D eigenvalue weighted by Gasteiger charge is 2.10. The van der Waals surface area contributed by atoms with Crippen LogP contribution >= 0.6 is 0 Å². The molecule has 0 unspecified atom stereocenters. The van der Waals surface area contributed by atoms with Crippen LogP contribution in [0.3, 0.4) is 0 Å². The number of hydrogen-bond acceptors (Lipinski definition) is 2. The maximum atomic E-state index is 12.3. The van der Waals surface area contributed by atoms with Crippen molar-refractivity contribution in [3.8, 4) is 5.75 Å². The number of Topliss-reactive ketones (excluding diaryl/α,β-unsaturated/α-hetero) is 1. The Morgan fingerprint density at radius 3 is 2.41 bits per heavy atom. The Labute approximate surface area is 131 Å². The van der Waals surface area contributed by atoms with E-state index in [1.807, 2.05) is 42.5 Å². The van der Waals surface area contributed by atoms with Crippen LogP contribution in [0.4, 0.5) is 0 Å². The van der Waals surface area contributed by atoms with Crippen molar-refractivity contribution < 1.29 is 9.53 Å². The van der Waals surface area contributed by atoms with Crippen LogP contribution in [0.1, 0.15) is 22.3 Å². The van der Waals surface area contributed by atoms with Gasteiger partial charge in [-0.2, -0.15) is 0 Å². The highest BCUT2D eigenvalue weighted by atomic mass is 16.5. The monoisotopic (exact) mass is 292 g/mol. The lowest BCUT2D eigenvalue weighted by Crippen LogP contribution is -2.05. The lowest BCUT2D eigenvalue weighted by atomic mass is 9.97. The molecule has 2 heteroatoms. The zero-order valence-electron chi connectivity index (χ0n) is 12.7. The van der Waals surface area contributed by atoms with Crippen molar-refractivity contribution in [3.63, 3.8) is 0 Å². The summed E-state index contributed by atoms with van der Waals surface area (Å²) in [6, 6.07) is 17.2. The van der Waals surface area contributed by atoms with Crippen LogP contribution in [0, 0.1) is 5.92 Å². The Kier molecular flexibility index (Phi) is 5.73. The van der Waals surface area contributed by atoms with Crippen molar-refractivity contribution >= 4 is 11.9 Å². The molecule has 0 bridgehead atoms. The first-order valence-electron chi connectivity index (χ1n) is 7.26. The van der Waals surface area contributed by atoms with Crippen molar-refractivity contribution in [1.29, 1.82) is 0 Å². The molecule has 0 saturated heterocycles. The molecule has 22 heavy (non-hydrogen) atoms. The van der Waals surface area contributed by atoms with Crippen molar-refractivity contribution in [1.82, 2.24) is 0 Å². The molecule has 0 aliphatic rings. The first kappa shape index (κ1) is 15.8. The average Bonchev–Trinajstić information content (AvgIpc) is 2.59. The molecule has 2 aromatic rings. The molecule has 0 aliphatic carbocycles. The molecule has 0 heterocycles. The average molecular weight is 292 g/mol. The van der Waals surface area contributed by atoms with Crippen molar-refractivity contribution in [2.45, 2.75) is 6.42 Å². The van der Waals surface area contributed by atoms with E-state index in [-0.39, 0.29) is 11.7 Å². The van der Waals surface area contributed by atoms with Gasteiger partial charge in [-0.15, -0.1) is 6.58 Å². The normalized spacial score (nSPS) is 12.0. The number of rotatable bonds is 7. The maximum absolute atomic E-state index is 12.3. The van der Waals surface area contributed by atoms with E-state index in [0.29, 0.717) is 12.0 Å². The summed E-state index contributed by atoms with van der Waals surface area (Å²) in [5, 5.41) is 0. The van der Waals surface area contributed by atoms with Gasteiger partial charge in [0.25, 0.3) is 0 Å². The van der Waals surface area contributed by atoms with Gasteiger partial charge >= 0.3 is 0 Å². The number of allylic oxidation sites excluding steroid dienone is 2. The number of ether oxygens (including phenoxy) is 1. The number of hydrogen-bond donors (Lipinski definition) is 0. The van der Waals surface area contributed by atoms with Crippen molar-refractivity contribution in [2.75, 3.05) is 7.11 Å². The number of ketones is 1. The molecule has 1 atom stereocenters. The number of carbonyl (C=O) groups excluding carboxylic acids is 1. The van der Waals surface area contributed by atoms with Gasteiger partial charge in [0, 0.05) is 17.9 Å². The molecule has 0 spiro atoms. The summed E-state index contributed by atoms with van der Waals surface area (Å²) in [5.74, 6) is 0.876. The smallest absolute Gasteiger partial charge is 0.163 e. The van der Waals surface area contributed by atoms with Crippen molar-refractivity contribution in [2.24, 2.45) is 5.92 Å². The second-order valence-corrected chi connectivity index (χ2v) is 5.03. The highest BCUT2D eigenvalue weighted by Crippen LogP contribution is 2.17. The molecule has 0 aliphatic heterocycles. The summed E-state index contributed by atoms with van der Waals surface area (Å²) < 4.78 is 5.10. The Morgan fingerprint density at radius 1 is 1.14 bits per heavy atom. The second-order valence-electron chi connectivity index (χ2n) is 5.03. The zero-order valence-corrected chi connectivity index (χ0v) is 12.7. The Morgan fingerprint density at radius 2 is 1.82 bits per heavy atom. The van der Waals surface area contributed by atoms with Gasteiger partial charge in [-0.05, 0) is 29.8 Å². The molecular formula is C20H20O2. The quantitative estimate of drug-likeness (QED) is 0.542. The lowest BCUT2D eigenvalue weighted by molar-refractivity contribution is 0.0975. The molecule has 2 rings (SSSR count). The maximum Gasteiger partial charge on any atom is 0.163 e. The molecule has 0 fully saturated rings. The summed E-state index contributed by atoms with van der Waals surface area (Å²) in [6.45, 7) is 3.82. The van der Waals surface area contributed by atoms with E-state index < -0.39 is 0 Å². The highest BCUT2D eigenvalue weighted by molar-refractivity contribution is 5.96. The predicted octanol–water partition coefficient (Wildman–Crippen LogP) is 4.78. The number of carbonyl (C=O) groups is 1. The van der Waals surface area contributed by atoms with E-state index in [1.54, 1.807) is 37.5 Å². The molecular weight excluding hydrogens is 272 g/mol. The number of benzene rings is 2. The molecule has 0 radical (unpaired) electrons. The minimum Gasteiger partial charge on any atom is -0.497 e. The molecule has 0 saturated carbocycles. The molecule has 112 valence electrons. The molecule has 0 amide bonds. The summed E-state index contributed by atoms with van der Waals surface area (Å²) in [6.07, 6.45) is 6.26. The summed E-state index contributed by atoms with van der Waals surface area (Å²) in [5.41, 5.74) is 1.81. The molecule has 0 N–H and O–H groups in total. The predicted molar refractivity (Wildman–Crippen MR) is 91.1 cm³/mol. The minimum atomic E-state index is 0.0230. The topological polar surface area (TPSA) is 26.3 Å². The van der Waals surface area contributed by atoms with E-state index in [9.17, 15) is 4.79 Å². The van der Waals surface area contributed by atoms with Crippen LogP contribution in [0.5, 0.6) is 5.75 Å². The van der Waals surface area contributed by atoms with Gasteiger partial charge in [-0.3, -0.25) is 4.79 Å². The summed E-state index contributed by atoms with van der Waals surface area (Å²) in [4.78, 5) is 12.3. The second kappa shape index (κ2) is 7.99. The molecule has 0 aromatic heterocycles. The van der Waals surface area contributed by atoms with E-state index in [0.717, 1.165) is 11.3 Å². The summed E-state index contributed by atoms with van der Waals surface area (Å²) in [7, 11) is 1.61. The fourth-order valence-electron chi connectivity index (χ4n) is 2.14. The standard InChI is InChI=1S/C20H20O2/c1-3-16(9-10-17-7-5-4-6-8-17)15-20(21)18-11-13-19(22-2)14-12-18/h3-14,16H,1,15H2,2H3/b10-9+/t16-/m0/s1. The third kappa shape index (κ3) is 4.45.